The molecule has 44 valence electrons. The molecule has 0 N–H and O–H groups in total. The molecule has 8 heavy (non-hydrogen) atoms. The molecule has 0 aliphatic carbocycles. The molecule has 1 heterocycles. The molecule has 0 spiro atoms. The van der Waals surface area contributed by atoms with Gasteiger partial charge in [-0.3, -0.25) is 0 Å². The molecule has 1 nitrogen and oxygen atoms in total. The van der Waals surface area contributed by atoms with E-state index in [1.165, 1.54) is 5.70 Å². The molecule has 0 aromatic rings. The lowest BCUT2D eigenvalue weighted by molar-refractivity contribution is 0.460. The van der Waals surface area contributed by atoms with E-state index in [0.29, 0.717) is 0 Å². The van der Waals surface area contributed by atoms with E-state index in [0.717, 1.165) is 6.54 Å². The Labute approximate surface area is 50.3 Å². The van der Waals surface area contributed by atoms with Crippen LogP contribution in [0.5, 0.6) is 0 Å². The summed E-state index contributed by atoms with van der Waals surface area (Å²) < 4.78 is 0. The summed E-state index contributed by atoms with van der Waals surface area (Å²) in [7, 11) is 2.09. The maximum absolute atomic E-state index is 2.21. The Hall–Kier alpha value is -0.720. The van der Waals surface area contributed by atoms with Crippen LogP contribution in [0, 0.1) is 0 Å². The average Bonchev–Trinajstić information content (AvgIpc) is 1.77. The first-order valence-electron chi connectivity index (χ1n) is 2.85. The van der Waals surface area contributed by atoms with E-state index in [1.807, 2.05) is 0 Å². The largest absolute Gasteiger partial charge is 0.374 e. The van der Waals surface area contributed by atoms with E-state index in [9.17, 15) is 0 Å². The van der Waals surface area contributed by atoms with Crippen LogP contribution in [0.25, 0.3) is 0 Å². The summed E-state index contributed by atoms with van der Waals surface area (Å²) in [4.78, 5) is 2.21. The summed E-state index contributed by atoms with van der Waals surface area (Å²) >= 11 is 0. The lowest BCUT2D eigenvalue weighted by Gasteiger charge is -2.19. The van der Waals surface area contributed by atoms with Crippen LogP contribution in [-0.4, -0.2) is 18.5 Å². The van der Waals surface area contributed by atoms with Crippen LogP contribution >= 0.6 is 0 Å². The van der Waals surface area contributed by atoms with Crippen molar-refractivity contribution >= 4 is 0 Å². The summed E-state index contributed by atoms with van der Waals surface area (Å²) in [5.41, 5.74) is 1.34. The van der Waals surface area contributed by atoms with Crippen molar-refractivity contribution in [3.63, 3.8) is 0 Å². The zero-order chi connectivity index (χ0) is 5.98. The smallest absolute Gasteiger partial charge is 0.0356 e. The lowest BCUT2D eigenvalue weighted by Crippen LogP contribution is -2.17. The molecule has 0 aromatic carbocycles. The first kappa shape index (κ1) is 5.42. The normalized spacial score (nSPS) is 18.8. The molecule has 0 fully saturated rings. The van der Waals surface area contributed by atoms with Crippen LogP contribution < -0.4 is 0 Å². The van der Waals surface area contributed by atoms with Crippen LogP contribution in [0.4, 0.5) is 0 Å². The Morgan fingerprint density at radius 1 is 1.62 bits per heavy atom. The maximum Gasteiger partial charge on any atom is 0.0356 e. The summed E-state index contributed by atoms with van der Waals surface area (Å²) in [6.45, 7) is 3.17. The molecule has 0 bridgehead atoms. The van der Waals surface area contributed by atoms with Crippen molar-refractivity contribution in [2.75, 3.05) is 13.6 Å². The lowest BCUT2D eigenvalue weighted by atomic mass is 10.3. The van der Waals surface area contributed by atoms with Crippen LogP contribution in [0.15, 0.2) is 23.9 Å². The van der Waals surface area contributed by atoms with Gasteiger partial charge in [0.25, 0.3) is 0 Å². The third-order valence-electron chi connectivity index (χ3n) is 1.45. The molecule has 1 rings (SSSR count). The van der Waals surface area contributed by atoms with Gasteiger partial charge in [0.1, 0.15) is 0 Å². The topological polar surface area (TPSA) is 3.24 Å². The molecule has 0 atom stereocenters. The number of rotatable bonds is 0. The van der Waals surface area contributed by atoms with Gasteiger partial charge in [-0.15, -0.1) is 0 Å². The SMILES string of the molecule is CC1=CC=CCN1C. The summed E-state index contributed by atoms with van der Waals surface area (Å²) in [5, 5.41) is 0. The molecule has 1 heteroatoms. The first-order chi connectivity index (χ1) is 3.80. The van der Waals surface area contributed by atoms with E-state index < -0.39 is 0 Å². The Balaban J connectivity index is 2.66. The zero-order valence-electron chi connectivity index (χ0n) is 5.39. The molecule has 0 unspecified atom stereocenters. The highest BCUT2D eigenvalue weighted by molar-refractivity contribution is 5.14. The van der Waals surface area contributed by atoms with Gasteiger partial charge in [0.05, 0.1) is 0 Å². The average molecular weight is 109 g/mol. The Morgan fingerprint density at radius 3 is 2.75 bits per heavy atom. The molecular weight excluding hydrogens is 98.1 g/mol. The molecular formula is C7H11N. The predicted octanol–water partition coefficient (Wildman–Crippen LogP) is 1.39. The molecule has 0 radical (unpaired) electrons. The Kier molecular flexibility index (Phi) is 1.38. The molecule has 1 aliphatic rings. The van der Waals surface area contributed by atoms with Crippen molar-refractivity contribution in [1.29, 1.82) is 0 Å². The predicted molar refractivity (Wildman–Crippen MR) is 35.5 cm³/mol. The van der Waals surface area contributed by atoms with Gasteiger partial charge >= 0.3 is 0 Å². The summed E-state index contributed by atoms with van der Waals surface area (Å²) in [6.07, 6.45) is 6.35. The third kappa shape index (κ3) is 0.915. The van der Waals surface area contributed by atoms with E-state index in [4.69, 9.17) is 0 Å². The fourth-order valence-corrected chi connectivity index (χ4v) is 0.698. The van der Waals surface area contributed by atoms with Gasteiger partial charge in [0.2, 0.25) is 0 Å². The quantitative estimate of drug-likeness (QED) is 0.454. The minimum atomic E-state index is 1.06. The van der Waals surface area contributed by atoms with Crippen molar-refractivity contribution in [3.8, 4) is 0 Å². The number of hydrogen-bond acceptors (Lipinski definition) is 1. The number of allylic oxidation sites excluding steroid dienone is 3. The Morgan fingerprint density at radius 2 is 2.38 bits per heavy atom. The van der Waals surface area contributed by atoms with Crippen molar-refractivity contribution in [1.82, 2.24) is 4.90 Å². The van der Waals surface area contributed by atoms with Gasteiger partial charge in [-0.1, -0.05) is 12.2 Å². The van der Waals surface area contributed by atoms with Gasteiger partial charge in [-0.05, 0) is 13.0 Å². The molecule has 0 saturated carbocycles. The maximum atomic E-state index is 2.21. The fraction of sp³-hybridized carbons (Fsp3) is 0.429. The molecule has 1 aliphatic heterocycles. The van der Waals surface area contributed by atoms with Crippen LogP contribution in [0.2, 0.25) is 0 Å². The van der Waals surface area contributed by atoms with E-state index >= 15 is 0 Å². The third-order valence-corrected chi connectivity index (χ3v) is 1.45. The summed E-state index contributed by atoms with van der Waals surface area (Å²) in [6, 6.07) is 0. The monoisotopic (exact) mass is 109 g/mol. The number of likely N-dealkylation sites (N-methyl/N-ethyl adjacent to an activating group) is 1. The summed E-state index contributed by atoms with van der Waals surface area (Å²) in [5.74, 6) is 0. The first-order valence-corrected chi connectivity index (χ1v) is 2.85. The standard InChI is InChI=1S/C7H11N/c1-7-5-3-4-6-8(7)2/h3-5H,6H2,1-2H3. The second kappa shape index (κ2) is 2.03. The van der Waals surface area contributed by atoms with E-state index in [1.54, 1.807) is 0 Å². The van der Waals surface area contributed by atoms with Gasteiger partial charge in [-0.25, -0.2) is 0 Å². The van der Waals surface area contributed by atoms with Gasteiger partial charge < -0.3 is 4.90 Å². The Bertz CT molecular complexity index is 133. The van der Waals surface area contributed by atoms with E-state index in [-0.39, 0.29) is 0 Å². The number of nitrogens with zero attached hydrogens (tertiary/aromatic N) is 1. The van der Waals surface area contributed by atoms with Gasteiger partial charge in [-0.2, -0.15) is 0 Å². The van der Waals surface area contributed by atoms with E-state index in [2.05, 4.69) is 37.1 Å². The molecule has 0 saturated heterocycles. The second-order valence-electron chi connectivity index (χ2n) is 2.12. The minimum absolute atomic E-state index is 1.06. The van der Waals surface area contributed by atoms with Gasteiger partial charge in [0, 0.05) is 19.3 Å². The van der Waals surface area contributed by atoms with Crippen LogP contribution in [-0.2, 0) is 0 Å². The highest BCUT2D eigenvalue weighted by atomic mass is 15.1. The molecule has 0 aromatic heterocycles. The minimum Gasteiger partial charge on any atom is -0.374 e. The van der Waals surface area contributed by atoms with Crippen molar-refractivity contribution in [3.05, 3.63) is 23.9 Å². The molecule has 0 amide bonds. The zero-order valence-corrected chi connectivity index (χ0v) is 5.39. The highest BCUT2D eigenvalue weighted by Gasteiger charge is 1.96. The van der Waals surface area contributed by atoms with Crippen molar-refractivity contribution in [2.24, 2.45) is 0 Å². The van der Waals surface area contributed by atoms with Crippen molar-refractivity contribution < 1.29 is 0 Å². The van der Waals surface area contributed by atoms with Crippen molar-refractivity contribution in [2.45, 2.75) is 6.92 Å². The van der Waals surface area contributed by atoms with Crippen LogP contribution in [0.3, 0.4) is 0 Å². The second-order valence-corrected chi connectivity index (χ2v) is 2.12. The fourth-order valence-electron chi connectivity index (χ4n) is 0.698. The number of hydrogen-bond donors (Lipinski definition) is 0. The highest BCUT2D eigenvalue weighted by Crippen LogP contribution is 2.03. The van der Waals surface area contributed by atoms with Crippen LogP contribution in [0.1, 0.15) is 6.92 Å². The van der Waals surface area contributed by atoms with Gasteiger partial charge in [0.15, 0.2) is 0 Å².